The zero-order valence-corrected chi connectivity index (χ0v) is 20.6. The molecular formula is C30H31N3O. The summed E-state index contributed by atoms with van der Waals surface area (Å²) in [6.45, 7) is 11.2. The number of fused-ring (bicyclic) bond motifs is 2. The van der Waals surface area contributed by atoms with E-state index in [4.69, 9.17) is 4.98 Å². The van der Waals surface area contributed by atoms with E-state index in [1.165, 1.54) is 22.3 Å². The summed E-state index contributed by atoms with van der Waals surface area (Å²) in [6.07, 6.45) is 3.63. The zero-order chi connectivity index (χ0) is 24.0. The molecule has 0 saturated heterocycles. The second kappa shape index (κ2) is 8.35. The van der Waals surface area contributed by atoms with Crippen molar-refractivity contribution in [1.29, 1.82) is 0 Å². The van der Waals surface area contributed by atoms with Crippen LogP contribution in [0.15, 0.2) is 54.7 Å². The third-order valence-corrected chi connectivity index (χ3v) is 7.23. The number of benzene rings is 2. The normalized spacial score (nSPS) is 16.4. The highest BCUT2D eigenvalue weighted by molar-refractivity contribution is 5.99. The highest BCUT2D eigenvalue weighted by Gasteiger charge is 2.47. The van der Waals surface area contributed by atoms with Crippen LogP contribution in [0.1, 0.15) is 64.1 Å². The molecule has 1 aliphatic carbocycles. The Bertz CT molecular complexity index is 1420. The van der Waals surface area contributed by atoms with Gasteiger partial charge in [-0.3, -0.25) is 14.8 Å². The SMILES string of the molecule is CCC1(C)c2cc(CCNC(=O)c3cc(C)c4ncc(C)cc4c3)nc(-c3ccc(C)cc3)c21. The molecule has 172 valence electrons. The van der Waals surface area contributed by atoms with E-state index in [1.54, 1.807) is 0 Å². The van der Waals surface area contributed by atoms with Crippen molar-refractivity contribution in [3.8, 4) is 11.3 Å². The molecule has 0 spiro atoms. The first-order chi connectivity index (χ1) is 16.3. The Hall–Kier alpha value is -3.53. The largest absolute Gasteiger partial charge is 0.352 e. The van der Waals surface area contributed by atoms with Gasteiger partial charge in [-0.1, -0.05) is 43.7 Å². The van der Waals surface area contributed by atoms with E-state index in [9.17, 15) is 4.79 Å². The van der Waals surface area contributed by atoms with Crippen LogP contribution in [0.5, 0.6) is 0 Å². The molecule has 2 aromatic heterocycles. The van der Waals surface area contributed by atoms with Crippen LogP contribution in [0.2, 0.25) is 0 Å². The average Bonchev–Trinajstić information content (AvgIpc) is 3.43. The van der Waals surface area contributed by atoms with Crippen LogP contribution < -0.4 is 5.32 Å². The number of pyridine rings is 2. The van der Waals surface area contributed by atoms with Gasteiger partial charge in [-0.2, -0.15) is 0 Å². The standard InChI is InChI=1S/C30H31N3O/c1-6-30(5)25-16-24(33-28(26(25)30)21-9-7-18(2)8-10-21)11-12-31-29(34)23-14-20(4)27-22(15-23)13-19(3)17-32-27/h7-10,13-17H,6,11-12H2,1-5H3,(H,31,34). The van der Waals surface area contributed by atoms with E-state index in [2.05, 4.69) is 67.5 Å². The number of carbonyl (C=O) groups excluding carboxylic acids is 1. The number of carbonyl (C=O) groups is 1. The predicted octanol–water partition coefficient (Wildman–Crippen LogP) is 6.22. The average molecular weight is 450 g/mol. The lowest BCUT2D eigenvalue weighted by atomic mass is 9.99. The van der Waals surface area contributed by atoms with Crippen molar-refractivity contribution in [2.75, 3.05) is 6.54 Å². The molecule has 0 fully saturated rings. The summed E-state index contributed by atoms with van der Waals surface area (Å²) in [6, 6.07) is 16.8. The van der Waals surface area contributed by atoms with Gasteiger partial charge >= 0.3 is 0 Å². The monoisotopic (exact) mass is 449 g/mol. The summed E-state index contributed by atoms with van der Waals surface area (Å²) in [5.74, 6) is -0.0598. The Morgan fingerprint density at radius 3 is 2.50 bits per heavy atom. The summed E-state index contributed by atoms with van der Waals surface area (Å²) < 4.78 is 0. The van der Waals surface area contributed by atoms with Crippen molar-refractivity contribution in [3.05, 3.63) is 93.8 Å². The summed E-state index contributed by atoms with van der Waals surface area (Å²) in [5.41, 5.74) is 11.1. The van der Waals surface area contributed by atoms with Gasteiger partial charge in [0.1, 0.15) is 0 Å². The van der Waals surface area contributed by atoms with Gasteiger partial charge in [-0.25, -0.2) is 0 Å². The Morgan fingerprint density at radius 1 is 1.00 bits per heavy atom. The Labute approximate surface area is 201 Å². The summed E-state index contributed by atoms with van der Waals surface area (Å²) >= 11 is 0. The summed E-state index contributed by atoms with van der Waals surface area (Å²) in [4.78, 5) is 22.5. The summed E-state index contributed by atoms with van der Waals surface area (Å²) in [7, 11) is 0. The molecule has 4 aromatic rings. The van der Waals surface area contributed by atoms with Crippen LogP contribution in [-0.4, -0.2) is 22.4 Å². The molecule has 0 bridgehead atoms. The first-order valence-corrected chi connectivity index (χ1v) is 12.1. The fourth-order valence-corrected chi connectivity index (χ4v) is 4.95. The molecule has 0 aliphatic heterocycles. The molecule has 0 saturated carbocycles. The number of nitrogens with one attached hydrogen (secondary N) is 1. The highest BCUT2D eigenvalue weighted by Crippen LogP contribution is 2.56. The third-order valence-electron chi connectivity index (χ3n) is 7.23. The van der Waals surface area contributed by atoms with E-state index in [-0.39, 0.29) is 11.3 Å². The molecule has 4 nitrogen and oxygen atoms in total. The van der Waals surface area contributed by atoms with Gasteiger partial charge in [0.25, 0.3) is 5.91 Å². The van der Waals surface area contributed by atoms with Crippen LogP contribution in [-0.2, 0) is 11.8 Å². The number of rotatable bonds is 6. The predicted molar refractivity (Wildman–Crippen MR) is 138 cm³/mol. The van der Waals surface area contributed by atoms with Crippen molar-refractivity contribution in [3.63, 3.8) is 0 Å². The van der Waals surface area contributed by atoms with Crippen LogP contribution in [0, 0.1) is 20.8 Å². The molecule has 4 heteroatoms. The van der Waals surface area contributed by atoms with Gasteiger partial charge in [0.2, 0.25) is 0 Å². The molecule has 0 radical (unpaired) electrons. The molecule has 1 unspecified atom stereocenters. The number of hydrogen-bond donors (Lipinski definition) is 1. The number of aryl methyl sites for hydroxylation is 3. The second-order valence-corrected chi connectivity index (χ2v) is 9.82. The number of nitrogens with zero attached hydrogens (tertiary/aromatic N) is 2. The van der Waals surface area contributed by atoms with Crippen LogP contribution in [0.3, 0.4) is 0 Å². The number of aromatic nitrogens is 2. The molecule has 2 heterocycles. The zero-order valence-electron chi connectivity index (χ0n) is 20.6. The van der Waals surface area contributed by atoms with E-state index < -0.39 is 0 Å². The Kier molecular flexibility index (Phi) is 5.47. The van der Waals surface area contributed by atoms with Crippen LogP contribution in [0.4, 0.5) is 0 Å². The van der Waals surface area contributed by atoms with Gasteiger partial charge in [0, 0.05) is 46.8 Å². The van der Waals surface area contributed by atoms with Crippen molar-refractivity contribution in [2.45, 2.75) is 52.9 Å². The van der Waals surface area contributed by atoms with Crippen molar-refractivity contribution in [2.24, 2.45) is 0 Å². The minimum Gasteiger partial charge on any atom is -0.352 e. The molecular weight excluding hydrogens is 418 g/mol. The smallest absolute Gasteiger partial charge is 0.251 e. The summed E-state index contributed by atoms with van der Waals surface area (Å²) in [5, 5.41) is 4.09. The van der Waals surface area contributed by atoms with Gasteiger partial charge in [0.15, 0.2) is 0 Å². The third kappa shape index (κ3) is 3.87. The Morgan fingerprint density at radius 2 is 1.76 bits per heavy atom. The lowest BCUT2D eigenvalue weighted by molar-refractivity contribution is 0.0954. The van der Waals surface area contributed by atoms with Gasteiger partial charge in [-0.15, -0.1) is 0 Å². The maximum Gasteiger partial charge on any atom is 0.251 e. The molecule has 1 aliphatic rings. The molecule has 2 aromatic carbocycles. The first-order valence-electron chi connectivity index (χ1n) is 12.1. The lowest BCUT2D eigenvalue weighted by Gasteiger charge is -2.09. The van der Waals surface area contributed by atoms with Crippen molar-refractivity contribution in [1.82, 2.24) is 15.3 Å². The van der Waals surface area contributed by atoms with Crippen molar-refractivity contribution >= 4 is 16.8 Å². The fraction of sp³-hybridized carbons (Fsp3) is 0.300. The van der Waals surface area contributed by atoms with Gasteiger partial charge < -0.3 is 5.32 Å². The van der Waals surface area contributed by atoms with Gasteiger partial charge in [-0.05, 0) is 73.7 Å². The quantitative estimate of drug-likeness (QED) is 0.380. The molecule has 1 N–H and O–H groups in total. The molecule has 5 rings (SSSR count). The van der Waals surface area contributed by atoms with Gasteiger partial charge in [0.05, 0.1) is 11.2 Å². The molecule has 1 amide bonds. The van der Waals surface area contributed by atoms with E-state index >= 15 is 0 Å². The maximum atomic E-state index is 12.9. The fourth-order valence-electron chi connectivity index (χ4n) is 4.95. The van der Waals surface area contributed by atoms with E-state index in [0.717, 1.165) is 39.8 Å². The minimum absolute atomic E-state index is 0.0598. The second-order valence-electron chi connectivity index (χ2n) is 9.82. The number of hydrogen-bond acceptors (Lipinski definition) is 3. The van der Waals surface area contributed by atoms with E-state index in [1.807, 2.05) is 32.2 Å². The maximum absolute atomic E-state index is 12.9. The van der Waals surface area contributed by atoms with Crippen LogP contribution >= 0.6 is 0 Å². The van der Waals surface area contributed by atoms with Crippen LogP contribution in [0.25, 0.3) is 22.2 Å². The van der Waals surface area contributed by atoms with E-state index in [0.29, 0.717) is 18.5 Å². The molecule has 34 heavy (non-hydrogen) atoms. The molecule has 1 atom stereocenters. The Balaban J connectivity index is 1.34. The topological polar surface area (TPSA) is 54.9 Å². The minimum atomic E-state index is -0.0598. The number of amides is 1. The van der Waals surface area contributed by atoms with Crippen molar-refractivity contribution < 1.29 is 4.79 Å². The lowest BCUT2D eigenvalue weighted by Crippen LogP contribution is -2.26. The highest BCUT2D eigenvalue weighted by atomic mass is 16.1. The first kappa shape index (κ1) is 22.3.